The quantitative estimate of drug-likeness (QED) is 0.602. The summed E-state index contributed by atoms with van der Waals surface area (Å²) < 4.78 is 0. The Hall–Kier alpha value is -3.28. The van der Waals surface area contributed by atoms with E-state index in [-0.39, 0.29) is 18.0 Å². The molecule has 0 spiro atoms. The number of carbonyl (C=O) groups is 2. The van der Waals surface area contributed by atoms with E-state index in [4.69, 9.17) is 0 Å². The Kier molecular flexibility index (Phi) is 5.14. The van der Waals surface area contributed by atoms with Crippen LogP contribution in [0, 0.1) is 6.92 Å². The summed E-state index contributed by atoms with van der Waals surface area (Å²) in [6, 6.07) is 13.8. The maximum Gasteiger partial charge on any atom is 0.315 e. The number of hydrogen-bond acceptors (Lipinski definition) is 2. The minimum Gasteiger partial charge on any atom is -0.358 e. The second-order valence-electron chi connectivity index (χ2n) is 8.74. The first-order valence-electron chi connectivity index (χ1n) is 11.1. The van der Waals surface area contributed by atoms with Crippen LogP contribution in [0.15, 0.2) is 42.5 Å². The van der Waals surface area contributed by atoms with Crippen molar-refractivity contribution in [2.45, 2.75) is 51.6 Å². The summed E-state index contributed by atoms with van der Waals surface area (Å²) in [6.07, 6.45) is 5.06. The molecule has 0 saturated carbocycles. The van der Waals surface area contributed by atoms with Crippen molar-refractivity contribution >= 4 is 28.5 Å². The number of hydrogen-bond donors (Lipinski definition) is 3. The lowest BCUT2D eigenvalue weighted by Crippen LogP contribution is -2.43. The SMILES string of the molecule is Cc1ccc(N2CC(NC(=O)NCc3ccc4[nH]c5c(c4c3)CCCC5)CC2=O)cc1. The van der Waals surface area contributed by atoms with Gasteiger partial charge < -0.3 is 20.5 Å². The van der Waals surface area contributed by atoms with Gasteiger partial charge in [0, 0.05) is 41.8 Å². The van der Waals surface area contributed by atoms with Gasteiger partial charge in [0.15, 0.2) is 0 Å². The van der Waals surface area contributed by atoms with E-state index in [1.807, 2.05) is 31.2 Å². The molecule has 6 nitrogen and oxygen atoms in total. The van der Waals surface area contributed by atoms with E-state index in [1.165, 1.54) is 35.0 Å². The van der Waals surface area contributed by atoms with Crippen molar-refractivity contribution in [1.29, 1.82) is 0 Å². The Morgan fingerprint density at radius 1 is 1.13 bits per heavy atom. The normalized spacial score (nSPS) is 18.3. The van der Waals surface area contributed by atoms with E-state index in [0.29, 0.717) is 19.5 Å². The maximum absolute atomic E-state index is 12.5. The highest BCUT2D eigenvalue weighted by Crippen LogP contribution is 2.29. The molecule has 31 heavy (non-hydrogen) atoms. The fraction of sp³-hybridized carbons (Fsp3) is 0.360. The van der Waals surface area contributed by atoms with Gasteiger partial charge in [-0.25, -0.2) is 4.79 Å². The van der Waals surface area contributed by atoms with Gasteiger partial charge in [0.1, 0.15) is 0 Å². The third kappa shape index (κ3) is 4.02. The van der Waals surface area contributed by atoms with E-state index in [1.54, 1.807) is 4.90 Å². The topological polar surface area (TPSA) is 77.2 Å². The Bertz CT molecular complexity index is 1130. The number of aromatic amines is 1. The fourth-order valence-electron chi connectivity index (χ4n) is 4.76. The van der Waals surface area contributed by atoms with Crippen LogP contribution in [-0.4, -0.2) is 29.5 Å². The van der Waals surface area contributed by atoms with E-state index >= 15 is 0 Å². The first-order chi connectivity index (χ1) is 15.1. The molecule has 2 heterocycles. The summed E-state index contributed by atoms with van der Waals surface area (Å²) in [5.41, 5.74) is 7.10. The molecular weight excluding hydrogens is 388 g/mol. The van der Waals surface area contributed by atoms with Crippen LogP contribution in [0.3, 0.4) is 0 Å². The van der Waals surface area contributed by atoms with Gasteiger partial charge in [-0.05, 0) is 68.0 Å². The van der Waals surface area contributed by atoms with Crippen molar-refractivity contribution in [3.63, 3.8) is 0 Å². The third-order valence-corrected chi connectivity index (χ3v) is 6.42. The van der Waals surface area contributed by atoms with Gasteiger partial charge >= 0.3 is 6.03 Å². The molecule has 2 aliphatic rings. The number of aromatic nitrogens is 1. The minimum atomic E-state index is -0.236. The smallest absolute Gasteiger partial charge is 0.315 e. The van der Waals surface area contributed by atoms with Crippen molar-refractivity contribution in [2.75, 3.05) is 11.4 Å². The zero-order valence-corrected chi connectivity index (χ0v) is 17.8. The predicted molar refractivity (Wildman–Crippen MR) is 122 cm³/mol. The van der Waals surface area contributed by atoms with Gasteiger partial charge in [-0.1, -0.05) is 23.8 Å². The standard InChI is InChI=1S/C25H28N4O2/c1-16-6-9-19(10-7-16)29-15-18(13-24(29)30)27-25(31)26-14-17-8-11-23-21(12-17)20-4-2-3-5-22(20)28-23/h6-12,18,28H,2-5,13-15H2,1H3,(H2,26,27,31). The molecule has 1 aromatic heterocycles. The number of nitrogens with zero attached hydrogens (tertiary/aromatic N) is 1. The average molecular weight is 417 g/mol. The maximum atomic E-state index is 12.5. The molecule has 0 bridgehead atoms. The van der Waals surface area contributed by atoms with Crippen LogP contribution < -0.4 is 15.5 Å². The molecule has 3 aromatic rings. The summed E-state index contributed by atoms with van der Waals surface area (Å²) >= 11 is 0. The summed E-state index contributed by atoms with van der Waals surface area (Å²) in [5, 5.41) is 7.19. The van der Waals surface area contributed by atoms with E-state index < -0.39 is 0 Å². The van der Waals surface area contributed by atoms with Gasteiger partial charge in [0.2, 0.25) is 5.91 Å². The van der Waals surface area contributed by atoms with E-state index in [2.05, 4.69) is 33.8 Å². The van der Waals surface area contributed by atoms with Crippen LogP contribution >= 0.6 is 0 Å². The first kappa shape index (κ1) is 19.7. The Labute approximate surface area is 182 Å². The van der Waals surface area contributed by atoms with Crippen LogP contribution in [0.5, 0.6) is 0 Å². The van der Waals surface area contributed by atoms with Crippen molar-refractivity contribution in [3.8, 4) is 0 Å². The summed E-state index contributed by atoms with van der Waals surface area (Å²) in [6.45, 7) is 2.98. The monoisotopic (exact) mass is 416 g/mol. The van der Waals surface area contributed by atoms with E-state index in [0.717, 1.165) is 29.7 Å². The van der Waals surface area contributed by atoms with Gasteiger partial charge in [0.25, 0.3) is 0 Å². The molecule has 2 aromatic carbocycles. The highest BCUT2D eigenvalue weighted by atomic mass is 16.2. The Balaban J connectivity index is 1.18. The number of rotatable bonds is 4. The van der Waals surface area contributed by atoms with Gasteiger partial charge in [-0.2, -0.15) is 0 Å². The van der Waals surface area contributed by atoms with Crippen LogP contribution in [-0.2, 0) is 24.2 Å². The van der Waals surface area contributed by atoms with Crippen LogP contribution in [0.2, 0.25) is 0 Å². The molecule has 160 valence electrons. The number of H-pyrrole nitrogens is 1. The van der Waals surface area contributed by atoms with Crippen LogP contribution in [0.1, 0.15) is 41.6 Å². The molecule has 1 saturated heterocycles. The lowest BCUT2D eigenvalue weighted by atomic mass is 9.95. The molecule has 6 heteroatoms. The number of nitrogens with one attached hydrogen (secondary N) is 3. The first-order valence-corrected chi connectivity index (χ1v) is 11.1. The molecule has 3 amide bonds. The van der Waals surface area contributed by atoms with Gasteiger partial charge in [-0.3, -0.25) is 4.79 Å². The van der Waals surface area contributed by atoms with Crippen molar-refractivity contribution in [1.82, 2.24) is 15.6 Å². The highest BCUT2D eigenvalue weighted by Gasteiger charge is 2.31. The minimum absolute atomic E-state index is 0.0387. The summed E-state index contributed by atoms with van der Waals surface area (Å²) in [7, 11) is 0. The molecule has 1 unspecified atom stereocenters. The molecule has 0 radical (unpaired) electrons. The largest absolute Gasteiger partial charge is 0.358 e. The lowest BCUT2D eigenvalue weighted by Gasteiger charge is -2.17. The molecule has 5 rings (SSSR count). The number of benzene rings is 2. The predicted octanol–water partition coefficient (Wildman–Crippen LogP) is 3.96. The highest BCUT2D eigenvalue weighted by molar-refractivity contribution is 5.96. The zero-order valence-electron chi connectivity index (χ0n) is 17.8. The molecule has 1 fully saturated rings. The zero-order chi connectivity index (χ0) is 21.4. The fourth-order valence-corrected chi connectivity index (χ4v) is 4.76. The molecular formula is C25H28N4O2. The average Bonchev–Trinajstić information content (AvgIpc) is 3.32. The molecule has 1 aliphatic heterocycles. The van der Waals surface area contributed by atoms with Crippen molar-refractivity contribution in [2.24, 2.45) is 0 Å². The third-order valence-electron chi connectivity index (χ3n) is 6.42. The van der Waals surface area contributed by atoms with Crippen molar-refractivity contribution < 1.29 is 9.59 Å². The molecule has 1 aliphatic carbocycles. The summed E-state index contributed by atoms with van der Waals surface area (Å²) in [5.74, 6) is 0.0387. The molecule has 3 N–H and O–H groups in total. The number of urea groups is 1. The number of amides is 3. The molecule has 1 atom stereocenters. The number of aryl methyl sites for hydroxylation is 3. The second kappa shape index (κ2) is 8.10. The van der Waals surface area contributed by atoms with Crippen molar-refractivity contribution in [3.05, 3.63) is 64.8 Å². The Morgan fingerprint density at radius 2 is 1.94 bits per heavy atom. The van der Waals surface area contributed by atoms with E-state index in [9.17, 15) is 9.59 Å². The number of carbonyl (C=O) groups excluding carboxylic acids is 2. The summed E-state index contributed by atoms with van der Waals surface area (Å²) in [4.78, 5) is 30.1. The van der Waals surface area contributed by atoms with Crippen LogP contribution in [0.4, 0.5) is 10.5 Å². The lowest BCUT2D eigenvalue weighted by molar-refractivity contribution is -0.117. The Morgan fingerprint density at radius 3 is 2.77 bits per heavy atom. The van der Waals surface area contributed by atoms with Gasteiger partial charge in [-0.15, -0.1) is 0 Å². The van der Waals surface area contributed by atoms with Gasteiger partial charge in [0.05, 0.1) is 6.04 Å². The number of fused-ring (bicyclic) bond motifs is 3. The van der Waals surface area contributed by atoms with Crippen LogP contribution in [0.25, 0.3) is 10.9 Å². The number of anilines is 1. The second-order valence-corrected chi connectivity index (χ2v) is 8.74.